The molecule has 2 N–H and O–H groups in total. The fourth-order valence-electron chi connectivity index (χ4n) is 7.87. The van der Waals surface area contributed by atoms with Gasteiger partial charge in [0.15, 0.2) is 0 Å². The molecule has 1 unspecified atom stereocenters. The molecule has 53 heavy (non-hydrogen) atoms. The highest BCUT2D eigenvalue weighted by atomic mass is 32.2. The normalized spacial score (nSPS) is 22.4. The number of piperidine rings is 4. The second-order valence-corrected chi connectivity index (χ2v) is 17.6. The third kappa shape index (κ3) is 9.32. The molecule has 4 fully saturated rings. The summed E-state index contributed by atoms with van der Waals surface area (Å²) >= 11 is 0. The molecule has 15 nitrogen and oxygen atoms in total. The summed E-state index contributed by atoms with van der Waals surface area (Å²) < 4.78 is 44.4. The summed E-state index contributed by atoms with van der Waals surface area (Å²) in [7, 11) is -1.88. The maximum Gasteiger partial charge on any atom is 0.407 e. The number of hydrogen-bond acceptors (Lipinski definition) is 9. The molecule has 6 rings (SSSR count). The monoisotopic (exact) mass is 755 g/mol. The Labute approximate surface area is 311 Å². The van der Waals surface area contributed by atoms with Crippen LogP contribution in [0.15, 0.2) is 23.0 Å². The van der Waals surface area contributed by atoms with E-state index in [4.69, 9.17) is 9.47 Å². The van der Waals surface area contributed by atoms with Crippen LogP contribution >= 0.6 is 0 Å². The molecule has 0 radical (unpaired) electrons. The summed E-state index contributed by atoms with van der Waals surface area (Å²) in [6, 6.07) is 4.60. The number of aromatic nitrogens is 2. The van der Waals surface area contributed by atoms with Crippen LogP contribution in [0.1, 0.15) is 83.7 Å². The second kappa shape index (κ2) is 16.3. The van der Waals surface area contributed by atoms with Crippen molar-refractivity contribution < 1.29 is 32.3 Å². The van der Waals surface area contributed by atoms with Crippen molar-refractivity contribution >= 4 is 39.2 Å². The number of carbonyl (C=O) groups excluding carboxylic acids is 3. The number of fused-ring (bicyclic) bond motifs is 1. The van der Waals surface area contributed by atoms with Gasteiger partial charge in [0.25, 0.3) is 10.2 Å². The third-order valence-corrected chi connectivity index (χ3v) is 12.7. The van der Waals surface area contributed by atoms with E-state index in [0.29, 0.717) is 61.5 Å². The van der Waals surface area contributed by atoms with Crippen LogP contribution < -0.4 is 16.3 Å². The Bertz CT molecular complexity index is 1900. The summed E-state index contributed by atoms with van der Waals surface area (Å²) in [4.78, 5) is 52.0. The van der Waals surface area contributed by atoms with E-state index < -0.39 is 33.9 Å². The van der Waals surface area contributed by atoms with Gasteiger partial charge in [-0.2, -0.15) is 17.0 Å². The lowest BCUT2D eigenvalue weighted by atomic mass is 9.96. The zero-order chi connectivity index (χ0) is 37.9. The summed E-state index contributed by atoms with van der Waals surface area (Å²) in [6.07, 6.45) is 4.66. The molecular weight excluding hydrogens is 703 g/mol. The van der Waals surface area contributed by atoms with E-state index in [0.717, 1.165) is 45.3 Å². The van der Waals surface area contributed by atoms with Crippen LogP contribution in [0.5, 0.6) is 0 Å². The minimum Gasteiger partial charge on any atom is -0.444 e. The number of nitrogens with zero attached hydrogens (tertiary/aromatic N) is 5. The Morgan fingerprint density at radius 3 is 2.25 bits per heavy atom. The minimum atomic E-state index is -3.54. The van der Waals surface area contributed by atoms with E-state index in [1.807, 2.05) is 32.9 Å². The molecule has 0 spiro atoms. The van der Waals surface area contributed by atoms with Crippen molar-refractivity contribution in [2.45, 2.75) is 95.9 Å². The van der Waals surface area contributed by atoms with E-state index in [1.54, 1.807) is 21.7 Å². The highest BCUT2D eigenvalue weighted by molar-refractivity contribution is 7.86. The molecule has 2 aromatic rings. The van der Waals surface area contributed by atoms with E-state index >= 15 is 0 Å². The lowest BCUT2D eigenvalue weighted by molar-refractivity contribution is -0.135. The number of rotatable bonds is 8. The predicted molar refractivity (Wildman–Crippen MR) is 198 cm³/mol. The maximum atomic E-state index is 13.4. The molecule has 4 saturated heterocycles. The largest absolute Gasteiger partial charge is 0.444 e. The van der Waals surface area contributed by atoms with Gasteiger partial charge in [-0.05, 0) is 83.8 Å². The Hall–Kier alpha value is -3.75. The first kappa shape index (κ1) is 39.0. The molecule has 5 heterocycles. The number of carbonyl (C=O) groups is 3. The molecule has 4 aliphatic rings. The van der Waals surface area contributed by atoms with Crippen LogP contribution in [0.2, 0.25) is 0 Å². The number of alkyl carbamates (subject to hydrolysis) is 1. The maximum absolute atomic E-state index is 13.4. The highest BCUT2D eigenvalue weighted by Crippen LogP contribution is 2.27. The molecule has 1 aromatic carbocycles. The third-order valence-electron chi connectivity index (χ3n) is 10.7. The van der Waals surface area contributed by atoms with Crippen molar-refractivity contribution in [2.75, 3.05) is 52.4 Å². The molecule has 0 saturated carbocycles. The number of nitrogens with one attached hydrogen (secondary N) is 2. The van der Waals surface area contributed by atoms with Gasteiger partial charge in [-0.1, -0.05) is 17.9 Å². The number of likely N-dealkylation sites (tertiary alicyclic amines) is 1. The summed E-state index contributed by atoms with van der Waals surface area (Å²) in [5.41, 5.74) is 1.00. The van der Waals surface area contributed by atoms with Crippen molar-refractivity contribution in [1.82, 2.24) is 33.3 Å². The molecular formula is C37H53N7O8S. The van der Waals surface area contributed by atoms with E-state index in [2.05, 4.69) is 27.4 Å². The quantitative estimate of drug-likeness (QED) is 0.304. The predicted octanol–water partition coefficient (Wildman–Crippen LogP) is 2.10. The average Bonchev–Trinajstić information content (AvgIpc) is 3.36. The molecule has 0 aliphatic carbocycles. The molecule has 3 amide bonds. The van der Waals surface area contributed by atoms with Gasteiger partial charge in [0, 0.05) is 65.3 Å². The Morgan fingerprint density at radius 1 is 0.943 bits per heavy atom. The van der Waals surface area contributed by atoms with Crippen molar-refractivity contribution in [3.8, 4) is 11.8 Å². The Morgan fingerprint density at radius 2 is 1.60 bits per heavy atom. The molecule has 4 aliphatic heterocycles. The van der Waals surface area contributed by atoms with Crippen molar-refractivity contribution in [3.05, 3.63) is 34.2 Å². The second-order valence-electron chi connectivity index (χ2n) is 15.6. The summed E-state index contributed by atoms with van der Waals surface area (Å²) in [5.74, 6) is 5.92. The number of amides is 3. The average molecular weight is 756 g/mol. The molecule has 16 heteroatoms. The van der Waals surface area contributed by atoms with Crippen molar-refractivity contribution in [2.24, 2.45) is 13.0 Å². The molecule has 0 bridgehead atoms. The first-order valence-electron chi connectivity index (χ1n) is 18.8. The van der Waals surface area contributed by atoms with Gasteiger partial charge in [0.1, 0.15) is 18.2 Å². The van der Waals surface area contributed by atoms with Gasteiger partial charge in [-0.3, -0.25) is 24.0 Å². The fraction of sp³-hybridized carbons (Fsp3) is 0.676. The lowest BCUT2D eigenvalue weighted by Gasteiger charge is -2.39. The van der Waals surface area contributed by atoms with Gasteiger partial charge >= 0.3 is 11.8 Å². The van der Waals surface area contributed by atoms with E-state index in [9.17, 15) is 27.6 Å². The molecule has 1 aromatic heterocycles. The topological polar surface area (TPSA) is 165 Å². The lowest BCUT2D eigenvalue weighted by Crippen LogP contribution is -2.53. The van der Waals surface area contributed by atoms with Crippen molar-refractivity contribution in [1.29, 1.82) is 0 Å². The van der Waals surface area contributed by atoms with Crippen molar-refractivity contribution in [3.63, 3.8) is 0 Å². The SMILES string of the molecule is Cn1c(=O)n(C2CCC(=O)NC2=O)c2cccc(C#CCOC3CCN(CC4CCN(S(=O)(=O)N5CCC(NC(=O)OC(C)(C)C)CC5)CC4)CC3)c21. The fourth-order valence-corrected chi connectivity index (χ4v) is 9.55. The van der Waals surface area contributed by atoms with Crippen LogP contribution in [-0.4, -0.2) is 119 Å². The molecule has 290 valence electrons. The summed E-state index contributed by atoms with van der Waals surface area (Å²) in [6.45, 7) is 10.3. The minimum absolute atomic E-state index is 0.100. The van der Waals surface area contributed by atoms with Gasteiger partial charge < -0.3 is 19.7 Å². The van der Waals surface area contributed by atoms with Crippen LogP contribution in [0.25, 0.3) is 11.0 Å². The standard InChI is InChI=1S/C37H53N7O8S/c1-37(2,3)52-35(47)38-28-14-22-43(23-15-28)53(49,50)42-20-12-26(13-21-42)25-41-18-16-29(17-19-41)51-24-6-8-27-7-5-9-30-33(27)40(4)36(48)44(30)31-10-11-32(45)39-34(31)46/h5,7,9,26,28-29,31H,10-25H2,1-4H3,(H,38,47)(H,39,45,46). The number of ether oxygens (including phenoxy) is 2. The van der Waals surface area contributed by atoms with Crippen LogP contribution in [0.3, 0.4) is 0 Å². The molecule has 1 atom stereocenters. The zero-order valence-corrected chi connectivity index (χ0v) is 32.1. The van der Waals surface area contributed by atoms with Gasteiger partial charge in [-0.25, -0.2) is 9.59 Å². The van der Waals surface area contributed by atoms with Crippen LogP contribution in [-0.2, 0) is 36.3 Å². The number of imidazole rings is 1. The van der Waals surface area contributed by atoms with E-state index in [1.165, 1.54) is 9.13 Å². The number of benzene rings is 1. The van der Waals surface area contributed by atoms with Crippen LogP contribution in [0.4, 0.5) is 4.79 Å². The summed E-state index contributed by atoms with van der Waals surface area (Å²) in [5, 5.41) is 5.21. The van der Waals surface area contributed by atoms with Gasteiger partial charge in [0.2, 0.25) is 11.8 Å². The van der Waals surface area contributed by atoms with Gasteiger partial charge in [-0.15, -0.1) is 0 Å². The smallest absolute Gasteiger partial charge is 0.407 e. The number of imide groups is 1. The first-order chi connectivity index (χ1) is 25.2. The number of aryl methyl sites for hydroxylation is 1. The van der Waals surface area contributed by atoms with Gasteiger partial charge in [0.05, 0.1) is 22.7 Å². The zero-order valence-electron chi connectivity index (χ0n) is 31.3. The van der Waals surface area contributed by atoms with E-state index in [-0.39, 0.29) is 43.2 Å². The first-order valence-corrected chi connectivity index (χ1v) is 20.2. The highest BCUT2D eigenvalue weighted by Gasteiger charge is 2.37. The Kier molecular flexibility index (Phi) is 12.0. The number of hydrogen-bond donors (Lipinski definition) is 2. The van der Waals surface area contributed by atoms with Crippen LogP contribution in [0, 0.1) is 17.8 Å². The Balaban J connectivity index is 0.917. The number of para-hydroxylation sites is 1.